The maximum Gasteiger partial charge on any atom is 0.304 e. The summed E-state index contributed by atoms with van der Waals surface area (Å²) in [5, 5.41) is 8.84. The summed E-state index contributed by atoms with van der Waals surface area (Å²) in [5.41, 5.74) is 2.74. The van der Waals surface area contributed by atoms with Crippen LogP contribution >= 0.6 is 0 Å². The van der Waals surface area contributed by atoms with Gasteiger partial charge in [0.25, 0.3) is 0 Å². The molecule has 4 heteroatoms. The second-order valence-corrected chi connectivity index (χ2v) is 5.30. The first-order chi connectivity index (χ1) is 9.63. The van der Waals surface area contributed by atoms with Gasteiger partial charge in [-0.2, -0.15) is 0 Å². The van der Waals surface area contributed by atoms with Crippen molar-refractivity contribution in [1.29, 1.82) is 0 Å². The molecule has 110 valence electrons. The van der Waals surface area contributed by atoms with Crippen LogP contribution in [0.25, 0.3) is 0 Å². The molecule has 0 saturated carbocycles. The molecular formula is C16H23NO3. The zero-order valence-electron chi connectivity index (χ0n) is 12.3. The molecule has 1 aromatic rings. The average Bonchev–Trinajstić information content (AvgIpc) is 2.46. The molecule has 0 spiro atoms. The highest BCUT2D eigenvalue weighted by atomic mass is 16.5. The molecule has 0 radical (unpaired) electrons. The fourth-order valence-electron chi connectivity index (χ4n) is 2.99. The van der Waals surface area contributed by atoms with Gasteiger partial charge < -0.3 is 9.84 Å². The van der Waals surface area contributed by atoms with E-state index >= 15 is 0 Å². The number of nitrogens with zero attached hydrogens (tertiary/aromatic N) is 1. The van der Waals surface area contributed by atoms with Crippen LogP contribution in [0.5, 0.6) is 5.75 Å². The van der Waals surface area contributed by atoms with E-state index in [1.54, 1.807) is 7.11 Å². The van der Waals surface area contributed by atoms with Gasteiger partial charge in [-0.25, -0.2) is 0 Å². The largest absolute Gasteiger partial charge is 0.497 e. The van der Waals surface area contributed by atoms with Crippen LogP contribution in [0.15, 0.2) is 18.2 Å². The first-order valence-electron chi connectivity index (χ1n) is 7.25. The molecule has 1 aliphatic carbocycles. The summed E-state index contributed by atoms with van der Waals surface area (Å²) in [5.74, 6) is 0.180. The predicted molar refractivity (Wildman–Crippen MR) is 78.3 cm³/mol. The highest BCUT2D eigenvalue weighted by molar-refractivity contribution is 5.66. The van der Waals surface area contributed by atoms with Crippen molar-refractivity contribution in [2.24, 2.45) is 0 Å². The Labute approximate surface area is 120 Å². The summed E-state index contributed by atoms with van der Waals surface area (Å²) < 4.78 is 5.29. The molecule has 0 amide bonds. The molecule has 0 saturated heterocycles. The van der Waals surface area contributed by atoms with E-state index in [1.165, 1.54) is 11.1 Å². The van der Waals surface area contributed by atoms with Crippen molar-refractivity contribution in [3.63, 3.8) is 0 Å². The number of fused-ring (bicyclic) bond motifs is 1. The van der Waals surface area contributed by atoms with Crippen LogP contribution in [-0.4, -0.2) is 42.2 Å². The number of carboxylic acids is 1. The highest BCUT2D eigenvalue weighted by Gasteiger charge is 2.24. The Morgan fingerprint density at radius 2 is 2.25 bits per heavy atom. The minimum atomic E-state index is -0.721. The third-order valence-electron chi connectivity index (χ3n) is 4.15. The normalized spacial score (nSPS) is 17.9. The van der Waals surface area contributed by atoms with Crippen molar-refractivity contribution in [1.82, 2.24) is 4.90 Å². The van der Waals surface area contributed by atoms with E-state index < -0.39 is 5.97 Å². The summed E-state index contributed by atoms with van der Waals surface area (Å²) in [4.78, 5) is 13.0. The molecule has 1 N–H and O–H groups in total. The van der Waals surface area contributed by atoms with Gasteiger partial charge in [-0.15, -0.1) is 0 Å². The molecule has 1 unspecified atom stereocenters. The molecule has 0 fully saturated rings. The zero-order valence-corrected chi connectivity index (χ0v) is 12.3. The topological polar surface area (TPSA) is 49.8 Å². The number of carboxylic acid groups (broad SMARTS) is 1. The summed E-state index contributed by atoms with van der Waals surface area (Å²) in [7, 11) is 1.69. The third-order valence-corrected chi connectivity index (χ3v) is 4.15. The van der Waals surface area contributed by atoms with Gasteiger partial charge in [0.1, 0.15) is 5.75 Å². The molecule has 1 aromatic carbocycles. The third kappa shape index (κ3) is 3.51. The smallest absolute Gasteiger partial charge is 0.304 e. The monoisotopic (exact) mass is 277 g/mol. The molecule has 0 aliphatic heterocycles. The second-order valence-electron chi connectivity index (χ2n) is 5.30. The van der Waals surface area contributed by atoms with E-state index in [4.69, 9.17) is 9.84 Å². The minimum Gasteiger partial charge on any atom is -0.497 e. The molecule has 2 rings (SSSR count). The number of aliphatic carboxylic acids is 1. The Kier molecular flexibility index (Phi) is 5.01. The van der Waals surface area contributed by atoms with E-state index in [1.807, 2.05) is 6.07 Å². The van der Waals surface area contributed by atoms with Crippen molar-refractivity contribution in [3.8, 4) is 5.75 Å². The predicted octanol–water partition coefficient (Wildman–Crippen LogP) is 2.35. The quantitative estimate of drug-likeness (QED) is 0.867. The maximum atomic E-state index is 10.7. The number of aryl methyl sites for hydroxylation is 1. The Balaban J connectivity index is 2.06. The SMILES string of the molecule is CCN(CCC(=O)O)C1CCc2ccc(OC)cc2C1. The Bertz CT molecular complexity index is 473. The molecule has 1 aliphatic rings. The number of benzene rings is 1. The van der Waals surface area contributed by atoms with Crippen LogP contribution < -0.4 is 4.74 Å². The van der Waals surface area contributed by atoms with E-state index in [0.29, 0.717) is 12.6 Å². The maximum absolute atomic E-state index is 10.7. The van der Waals surface area contributed by atoms with Gasteiger partial charge in [0.2, 0.25) is 0 Å². The van der Waals surface area contributed by atoms with Gasteiger partial charge >= 0.3 is 5.97 Å². The summed E-state index contributed by atoms with van der Waals surface area (Å²) >= 11 is 0. The fraction of sp³-hybridized carbons (Fsp3) is 0.562. The van der Waals surface area contributed by atoms with Crippen molar-refractivity contribution in [2.75, 3.05) is 20.2 Å². The van der Waals surface area contributed by atoms with Gasteiger partial charge in [0, 0.05) is 12.6 Å². The zero-order chi connectivity index (χ0) is 14.5. The second kappa shape index (κ2) is 6.75. The van der Waals surface area contributed by atoms with Crippen LogP contribution in [0, 0.1) is 0 Å². The lowest BCUT2D eigenvalue weighted by atomic mass is 9.87. The van der Waals surface area contributed by atoms with Crippen molar-refractivity contribution in [3.05, 3.63) is 29.3 Å². The molecule has 0 heterocycles. The summed E-state index contributed by atoms with van der Waals surface area (Å²) in [6.07, 6.45) is 3.37. The van der Waals surface area contributed by atoms with Gasteiger partial charge in [-0.3, -0.25) is 9.69 Å². The number of hydrogen-bond donors (Lipinski definition) is 1. The standard InChI is InChI=1S/C16H23NO3/c1-3-17(9-8-16(18)19)14-6-4-12-5-7-15(20-2)11-13(12)10-14/h5,7,11,14H,3-4,6,8-10H2,1-2H3,(H,18,19). The van der Waals surface area contributed by atoms with Crippen molar-refractivity contribution < 1.29 is 14.6 Å². The molecule has 0 bridgehead atoms. The molecular weight excluding hydrogens is 254 g/mol. The number of likely N-dealkylation sites (N-methyl/N-ethyl adjacent to an activating group) is 1. The lowest BCUT2D eigenvalue weighted by Crippen LogP contribution is -2.40. The summed E-state index contributed by atoms with van der Waals surface area (Å²) in [6.45, 7) is 3.63. The first-order valence-corrected chi connectivity index (χ1v) is 7.25. The summed E-state index contributed by atoms with van der Waals surface area (Å²) in [6, 6.07) is 6.73. The number of hydrogen-bond acceptors (Lipinski definition) is 3. The lowest BCUT2D eigenvalue weighted by Gasteiger charge is -2.34. The lowest BCUT2D eigenvalue weighted by molar-refractivity contribution is -0.137. The number of ether oxygens (including phenoxy) is 1. The molecule has 20 heavy (non-hydrogen) atoms. The number of rotatable bonds is 6. The molecule has 0 aromatic heterocycles. The first kappa shape index (κ1) is 14.9. The van der Waals surface area contributed by atoms with Crippen molar-refractivity contribution in [2.45, 2.75) is 38.6 Å². The van der Waals surface area contributed by atoms with E-state index in [2.05, 4.69) is 24.0 Å². The van der Waals surface area contributed by atoms with Gasteiger partial charge in [0.05, 0.1) is 13.5 Å². The Morgan fingerprint density at radius 3 is 2.90 bits per heavy atom. The fourth-order valence-corrected chi connectivity index (χ4v) is 2.99. The van der Waals surface area contributed by atoms with Gasteiger partial charge in [0.15, 0.2) is 0 Å². The van der Waals surface area contributed by atoms with E-state index in [9.17, 15) is 4.79 Å². The Morgan fingerprint density at radius 1 is 1.45 bits per heavy atom. The minimum absolute atomic E-state index is 0.218. The van der Waals surface area contributed by atoms with Crippen LogP contribution in [0.1, 0.15) is 30.9 Å². The highest BCUT2D eigenvalue weighted by Crippen LogP contribution is 2.27. The molecule has 1 atom stereocenters. The van der Waals surface area contributed by atoms with Gasteiger partial charge in [-0.1, -0.05) is 13.0 Å². The van der Waals surface area contributed by atoms with Crippen LogP contribution in [0.4, 0.5) is 0 Å². The van der Waals surface area contributed by atoms with Gasteiger partial charge in [-0.05, 0) is 49.1 Å². The molecule has 4 nitrogen and oxygen atoms in total. The average molecular weight is 277 g/mol. The number of carbonyl (C=O) groups is 1. The van der Waals surface area contributed by atoms with Crippen LogP contribution in [0.3, 0.4) is 0 Å². The Hall–Kier alpha value is -1.55. The van der Waals surface area contributed by atoms with E-state index in [-0.39, 0.29) is 6.42 Å². The number of methoxy groups -OCH3 is 1. The van der Waals surface area contributed by atoms with Crippen LogP contribution in [-0.2, 0) is 17.6 Å². The van der Waals surface area contributed by atoms with Crippen molar-refractivity contribution >= 4 is 5.97 Å². The van der Waals surface area contributed by atoms with Crippen LogP contribution in [0.2, 0.25) is 0 Å². The van der Waals surface area contributed by atoms with E-state index in [0.717, 1.165) is 31.6 Å².